The van der Waals surface area contributed by atoms with Gasteiger partial charge in [-0.2, -0.15) is 0 Å². The molecular weight excluding hydrogens is 395 g/mol. The summed E-state index contributed by atoms with van der Waals surface area (Å²) >= 11 is 0. The largest absolute Gasteiger partial charge is 0.346 e. The Labute approximate surface area is 184 Å². The Morgan fingerprint density at radius 1 is 0.710 bits per heavy atom. The van der Waals surface area contributed by atoms with Crippen LogP contribution in [0, 0.1) is 0 Å². The number of hydrogen-bond donors (Lipinski definition) is 1. The molecule has 0 saturated carbocycles. The van der Waals surface area contributed by atoms with Gasteiger partial charge in [-0.15, -0.1) is 0 Å². The first kappa shape index (κ1) is 19.5. The molecule has 150 valence electrons. The number of rotatable bonds is 5. The van der Waals surface area contributed by atoms with Gasteiger partial charge >= 0.3 is 0 Å². The lowest BCUT2D eigenvalue weighted by atomic mass is 9.99. The van der Waals surface area contributed by atoms with Gasteiger partial charge in [0, 0.05) is 23.6 Å². The Morgan fingerprint density at radius 3 is 1.90 bits per heavy atom. The summed E-state index contributed by atoms with van der Waals surface area (Å²) in [6.07, 6.45) is 12.3. The van der Waals surface area contributed by atoms with Crippen molar-refractivity contribution in [2.75, 3.05) is 0 Å². The van der Waals surface area contributed by atoms with Gasteiger partial charge in [-0.3, -0.25) is 0 Å². The molecule has 3 heteroatoms. The molecule has 1 aliphatic heterocycles. The summed E-state index contributed by atoms with van der Waals surface area (Å²) in [5.74, 6) is 0.902. The molecule has 2 aliphatic rings. The minimum Gasteiger partial charge on any atom is -0.346 e. The third-order valence-electron chi connectivity index (χ3n) is 5.45. The molecule has 0 fully saturated rings. The van der Waals surface area contributed by atoms with Crippen LogP contribution in [0.2, 0.25) is 0 Å². The van der Waals surface area contributed by atoms with E-state index in [4.69, 9.17) is 0 Å². The van der Waals surface area contributed by atoms with E-state index in [0.29, 0.717) is 0 Å². The van der Waals surface area contributed by atoms with Crippen LogP contribution in [0.5, 0.6) is 0 Å². The van der Waals surface area contributed by atoms with Crippen molar-refractivity contribution >= 4 is 24.7 Å². The van der Waals surface area contributed by atoms with Crippen molar-refractivity contribution in [3.05, 3.63) is 144 Å². The lowest BCUT2D eigenvalue weighted by molar-refractivity contribution is 0.985. The quantitative estimate of drug-likeness (QED) is 0.524. The summed E-state index contributed by atoms with van der Waals surface area (Å²) in [5, 5.41) is 6.07. The standard InChI is InChI=1S/C28H23N2P/c1-4-12-22(13-5-1)27(25-18-10-19-26(25)28-29-20-11-21-30-28)31(23-14-6-2-7-15-23)24-16-8-3-9-17-24/h1-21,27,29H/b28-26-/t27-/m1/s1. The van der Waals surface area contributed by atoms with Crippen molar-refractivity contribution in [1.82, 2.24) is 5.32 Å². The first-order valence-corrected chi connectivity index (χ1v) is 11.9. The van der Waals surface area contributed by atoms with E-state index in [2.05, 4.69) is 120 Å². The van der Waals surface area contributed by atoms with Crippen LogP contribution in [-0.2, 0) is 0 Å². The van der Waals surface area contributed by atoms with Gasteiger partial charge in [0.15, 0.2) is 0 Å². The Balaban J connectivity index is 1.71. The Kier molecular flexibility index (Phi) is 5.73. The van der Waals surface area contributed by atoms with Gasteiger partial charge in [0.2, 0.25) is 0 Å². The maximum Gasteiger partial charge on any atom is 0.137 e. The average Bonchev–Trinajstić information content (AvgIpc) is 3.34. The van der Waals surface area contributed by atoms with Gasteiger partial charge in [0.05, 0.1) is 0 Å². The Bertz CT molecular complexity index is 1150. The highest BCUT2D eigenvalue weighted by Gasteiger charge is 2.32. The van der Waals surface area contributed by atoms with Crippen LogP contribution in [0.4, 0.5) is 0 Å². The van der Waals surface area contributed by atoms with E-state index in [0.717, 1.165) is 11.4 Å². The number of nitrogens with zero attached hydrogens (tertiary/aromatic N) is 1. The molecule has 0 aromatic heterocycles. The molecule has 1 heterocycles. The zero-order chi connectivity index (χ0) is 20.9. The van der Waals surface area contributed by atoms with Gasteiger partial charge in [-0.25, -0.2) is 4.99 Å². The second-order valence-electron chi connectivity index (χ2n) is 7.38. The fourth-order valence-corrected chi connectivity index (χ4v) is 6.94. The molecule has 1 aliphatic carbocycles. The minimum atomic E-state index is -0.689. The molecule has 0 amide bonds. The van der Waals surface area contributed by atoms with Crippen molar-refractivity contribution in [3.63, 3.8) is 0 Å². The normalized spacial score (nSPS) is 18.2. The van der Waals surface area contributed by atoms with Gasteiger partial charge in [0.25, 0.3) is 0 Å². The molecular formula is C28H23N2P. The topological polar surface area (TPSA) is 24.4 Å². The van der Waals surface area contributed by atoms with Crippen LogP contribution < -0.4 is 15.9 Å². The monoisotopic (exact) mass is 418 g/mol. The lowest BCUT2D eigenvalue weighted by Crippen LogP contribution is -2.20. The van der Waals surface area contributed by atoms with E-state index in [1.54, 1.807) is 0 Å². The summed E-state index contributed by atoms with van der Waals surface area (Å²) in [7, 11) is -0.689. The molecule has 2 nitrogen and oxygen atoms in total. The maximum atomic E-state index is 4.61. The molecule has 1 atom stereocenters. The number of aliphatic imine (C=N–C) groups is 1. The molecule has 5 rings (SSSR count). The Morgan fingerprint density at radius 2 is 1.32 bits per heavy atom. The van der Waals surface area contributed by atoms with Crippen LogP contribution in [0.25, 0.3) is 0 Å². The van der Waals surface area contributed by atoms with Crippen LogP contribution in [0.1, 0.15) is 11.2 Å². The zero-order valence-electron chi connectivity index (χ0n) is 17.1. The van der Waals surface area contributed by atoms with Crippen LogP contribution in [0.15, 0.2) is 143 Å². The summed E-state index contributed by atoms with van der Waals surface area (Å²) in [5.41, 5.74) is 4.00. The maximum absolute atomic E-state index is 4.61. The fraction of sp³-hybridized carbons (Fsp3) is 0.0357. The summed E-state index contributed by atoms with van der Waals surface area (Å²) in [4.78, 5) is 4.61. The third-order valence-corrected chi connectivity index (χ3v) is 8.25. The smallest absolute Gasteiger partial charge is 0.137 e. The van der Waals surface area contributed by atoms with Crippen LogP contribution in [-0.4, -0.2) is 6.21 Å². The van der Waals surface area contributed by atoms with Gasteiger partial charge in [-0.1, -0.05) is 109 Å². The van der Waals surface area contributed by atoms with E-state index in [9.17, 15) is 0 Å². The van der Waals surface area contributed by atoms with E-state index in [1.165, 1.54) is 21.7 Å². The number of hydrogen-bond acceptors (Lipinski definition) is 2. The Hall–Kier alpha value is -3.48. The van der Waals surface area contributed by atoms with Crippen LogP contribution >= 0.6 is 7.92 Å². The van der Waals surface area contributed by atoms with E-state index in [1.807, 2.05) is 18.5 Å². The SMILES string of the molecule is C1=CN/C(=C2\C=CC=C2[C@@H](c2ccccc2)P(c2ccccc2)c2ccccc2)N=C1. The molecule has 0 radical (unpaired) electrons. The summed E-state index contributed by atoms with van der Waals surface area (Å²) in [6, 6.07) is 32.7. The number of nitrogens with one attached hydrogen (secondary N) is 1. The molecule has 0 saturated heterocycles. The van der Waals surface area contributed by atoms with Crippen LogP contribution in [0.3, 0.4) is 0 Å². The van der Waals surface area contributed by atoms with Crippen molar-refractivity contribution in [2.24, 2.45) is 4.99 Å². The molecule has 31 heavy (non-hydrogen) atoms. The highest BCUT2D eigenvalue weighted by Crippen LogP contribution is 2.56. The first-order valence-electron chi connectivity index (χ1n) is 10.4. The fourth-order valence-electron chi connectivity index (χ4n) is 4.09. The lowest BCUT2D eigenvalue weighted by Gasteiger charge is -2.31. The van der Waals surface area contributed by atoms with E-state index in [-0.39, 0.29) is 5.66 Å². The van der Waals surface area contributed by atoms with E-state index >= 15 is 0 Å². The zero-order valence-corrected chi connectivity index (χ0v) is 18.0. The van der Waals surface area contributed by atoms with Crippen molar-refractivity contribution in [2.45, 2.75) is 5.66 Å². The molecule has 0 spiro atoms. The molecule has 0 unspecified atom stereocenters. The summed E-state index contributed by atoms with van der Waals surface area (Å²) in [6.45, 7) is 0. The molecule has 3 aromatic rings. The number of benzene rings is 3. The molecule has 1 N–H and O–H groups in total. The van der Waals surface area contributed by atoms with Gasteiger partial charge < -0.3 is 5.32 Å². The molecule has 3 aromatic carbocycles. The predicted octanol–water partition coefficient (Wildman–Crippen LogP) is 5.76. The van der Waals surface area contributed by atoms with Gasteiger partial charge in [0.1, 0.15) is 5.82 Å². The summed E-state index contributed by atoms with van der Waals surface area (Å²) < 4.78 is 0. The second kappa shape index (κ2) is 9.12. The minimum absolute atomic E-state index is 0.210. The predicted molar refractivity (Wildman–Crippen MR) is 133 cm³/mol. The molecule has 0 bridgehead atoms. The van der Waals surface area contributed by atoms with Gasteiger partial charge in [-0.05, 0) is 35.7 Å². The van der Waals surface area contributed by atoms with E-state index < -0.39 is 7.92 Å². The van der Waals surface area contributed by atoms with Crippen molar-refractivity contribution < 1.29 is 0 Å². The van der Waals surface area contributed by atoms with Crippen molar-refractivity contribution in [1.29, 1.82) is 0 Å². The van der Waals surface area contributed by atoms with Crippen molar-refractivity contribution in [3.8, 4) is 0 Å². The first-order chi connectivity index (χ1) is 15.4. The number of allylic oxidation sites excluding steroid dienone is 6. The highest BCUT2D eigenvalue weighted by molar-refractivity contribution is 7.73. The second-order valence-corrected chi connectivity index (χ2v) is 9.67. The highest BCUT2D eigenvalue weighted by atomic mass is 31.1. The third kappa shape index (κ3) is 4.08. The average molecular weight is 418 g/mol.